The lowest BCUT2D eigenvalue weighted by atomic mass is 10.1. The van der Waals surface area contributed by atoms with Crippen LogP contribution in [0.25, 0.3) is 0 Å². The summed E-state index contributed by atoms with van der Waals surface area (Å²) in [5.41, 5.74) is 2.66. The average molecular weight is 193 g/mol. The highest BCUT2D eigenvalue weighted by Gasteiger charge is 1.97. The van der Waals surface area contributed by atoms with Crippen molar-refractivity contribution in [2.75, 3.05) is 26.7 Å². The Labute approximate surface area is 86.2 Å². The summed E-state index contributed by atoms with van der Waals surface area (Å²) in [4.78, 5) is 2.14. The maximum atomic E-state index is 8.73. The quantitative estimate of drug-likeness (QED) is 0.765. The van der Waals surface area contributed by atoms with Crippen molar-refractivity contribution in [3.63, 3.8) is 0 Å². The van der Waals surface area contributed by atoms with Gasteiger partial charge in [-0.2, -0.15) is 0 Å². The fourth-order valence-corrected chi connectivity index (χ4v) is 1.36. The number of hydrogen-bond donors (Lipinski definition) is 1. The minimum atomic E-state index is 0.240. The predicted octanol–water partition coefficient (Wildman–Crippen LogP) is 1.46. The van der Waals surface area contributed by atoms with Crippen LogP contribution in [0.5, 0.6) is 0 Å². The van der Waals surface area contributed by atoms with Gasteiger partial charge in [-0.25, -0.2) is 0 Å². The van der Waals surface area contributed by atoms with Gasteiger partial charge in [-0.15, -0.1) is 0 Å². The topological polar surface area (TPSA) is 23.5 Å². The van der Waals surface area contributed by atoms with Crippen LogP contribution in [0.4, 0.5) is 0 Å². The maximum Gasteiger partial charge on any atom is 0.0558 e. The summed E-state index contributed by atoms with van der Waals surface area (Å²) >= 11 is 0. The Hall–Kier alpha value is -0.860. The van der Waals surface area contributed by atoms with Gasteiger partial charge in [0.2, 0.25) is 0 Å². The highest BCUT2D eigenvalue weighted by atomic mass is 16.3. The molecule has 14 heavy (non-hydrogen) atoms. The van der Waals surface area contributed by atoms with Crippen molar-refractivity contribution >= 4 is 0 Å². The first-order valence-corrected chi connectivity index (χ1v) is 5.07. The minimum absolute atomic E-state index is 0.240. The van der Waals surface area contributed by atoms with Gasteiger partial charge in [-0.1, -0.05) is 29.8 Å². The van der Waals surface area contributed by atoms with Crippen LogP contribution in [0.15, 0.2) is 24.3 Å². The molecular weight excluding hydrogens is 174 g/mol. The van der Waals surface area contributed by atoms with E-state index in [4.69, 9.17) is 5.11 Å². The summed E-state index contributed by atoms with van der Waals surface area (Å²) < 4.78 is 0. The zero-order valence-corrected chi connectivity index (χ0v) is 9.03. The van der Waals surface area contributed by atoms with Crippen molar-refractivity contribution in [1.82, 2.24) is 4.90 Å². The molecule has 2 nitrogen and oxygen atoms in total. The Balaban J connectivity index is 2.34. The first-order chi connectivity index (χ1) is 6.72. The first kappa shape index (κ1) is 11.2. The molecule has 2 heteroatoms. The van der Waals surface area contributed by atoms with Crippen molar-refractivity contribution in [2.24, 2.45) is 0 Å². The monoisotopic (exact) mass is 193 g/mol. The molecule has 0 aromatic heterocycles. The van der Waals surface area contributed by atoms with E-state index in [9.17, 15) is 0 Å². The van der Waals surface area contributed by atoms with Gasteiger partial charge in [0.1, 0.15) is 0 Å². The fraction of sp³-hybridized carbons (Fsp3) is 0.500. The van der Waals surface area contributed by atoms with E-state index >= 15 is 0 Å². The van der Waals surface area contributed by atoms with E-state index in [-0.39, 0.29) is 6.61 Å². The molecule has 0 aliphatic rings. The molecule has 0 bridgehead atoms. The van der Waals surface area contributed by atoms with Crippen LogP contribution >= 0.6 is 0 Å². The van der Waals surface area contributed by atoms with E-state index in [2.05, 4.69) is 36.1 Å². The second-order valence-corrected chi connectivity index (χ2v) is 3.76. The van der Waals surface area contributed by atoms with E-state index in [0.717, 1.165) is 19.5 Å². The van der Waals surface area contributed by atoms with Crippen molar-refractivity contribution in [1.29, 1.82) is 0 Å². The molecule has 1 N–H and O–H groups in total. The lowest BCUT2D eigenvalue weighted by Gasteiger charge is -2.14. The molecule has 0 amide bonds. The zero-order chi connectivity index (χ0) is 10.4. The molecule has 1 aromatic carbocycles. The molecule has 0 heterocycles. The zero-order valence-electron chi connectivity index (χ0n) is 9.03. The molecule has 0 radical (unpaired) electrons. The number of aliphatic hydroxyl groups is 1. The number of benzene rings is 1. The first-order valence-electron chi connectivity index (χ1n) is 5.07. The minimum Gasteiger partial charge on any atom is -0.395 e. The van der Waals surface area contributed by atoms with Gasteiger partial charge in [-0.05, 0) is 26.0 Å². The molecule has 0 atom stereocenters. The Bertz CT molecular complexity index is 256. The van der Waals surface area contributed by atoms with Crippen molar-refractivity contribution in [3.8, 4) is 0 Å². The highest BCUT2D eigenvalue weighted by Crippen LogP contribution is 2.04. The molecule has 0 saturated heterocycles. The Morgan fingerprint density at radius 3 is 2.36 bits per heavy atom. The molecule has 0 saturated carbocycles. The van der Waals surface area contributed by atoms with Crippen LogP contribution in [-0.4, -0.2) is 36.8 Å². The number of aryl methyl sites for hydroxylation is 1. The smallest absolute Gasteiger partial charge is 0.0558 e. The molecule has 1 aromatic rings. The van der Waals surface area contributed by atoms with Gasteiger partial charge in [0.15, 0.2) is 0 Å². The largest absolute Gasteiger partial charge is 0.395 e. The highest BCUT2D eigenvalue weighted by molar-refractivity contribution is 5.21. The molecule has 1 rings (SSSR count). The van der Waals surface area contributed by atoms with Gasteiger partial charge >= 0.3 is 0 Å². The second-order valence-electron chi connectivity index (χ2n) is 3.76. The van der Waals surface area contributed by atoms with Gasteiger partial charge in [0, 0.05) is 13.1 Å². The van der Waals surface area contributed by atoms with E-state index in [0.29, 0.717) is 0 Å². The number of aliphatic hydroxyl groups excluding tert-OH is 1. The molecule has 0 aliphatic heterocycles. The van der Waals surface area contributed by atoms with E-state index in [1.165, 1.54) is 11.1 Å². The third kappa shape index (κ3) is 3.90. The van der Waals surface area contributed by atoms with Gasteiger partial charge in [0.25, 0.3) is 0 Å². The molecular formula is C12H19NO. The standard InChI is InChI=1S/C12H19NO/c1-11-3-5-12(6-4-11)7-8-13(2)9-10-14/h3-6,14H,7-10H2,1-2H3. The lowest BCUT2D eigenvalue weighted by molar-refractivity contribution is 0.223. The predicted molar refractivity (Wildman–Crippen MR) is 59.5 cm³/mol. The third-order valence-corrected chi connectivity index (χ3v) is 2.38. The van der Waals surface area contributed by atoms with Crippen molar-refractivity contribution in [2.45, 2.75) is 13.3 Å². The van der Waals surface area contributed by atoms with Crippen LogP contribution < -0.4 is 0 Å². The molecule has 0 spiro atoms. The average Bonchev–Trinajstić information content (AvgIpc) is 2.17. The van der Waals surface area contributed by atoms with Crippen LogP contribution in [0.1, 0.15) is 11.1 Å². The number of hydrogen-bond acceptors (Lipinski definition) is 2. The SMILES string of the molecule is Cc1ccc(CCN(C)CCO)cc1. The second kappa shape index (κ2) is 5.78. The van der Waals surface area contributed by atoms with Crippen LogP contribution in [0, 0.1) is 6.92 Å². The Morgan fingerprint density at radius 1 is 1.14 bits per heavy atom. The number of rotatable bonds is 5. The number of nitrogens with zero attached hydrogens (tertiary/aromatic N) is 1. The van der Waals surface area contributed by atoms with Gasteiger partial charge in [0.05, 0.1) is 6.61 Å². The third-order valence-electron chi connectivity index (χ3n) is 2.38. The number of likely N-dealkylation sites (N-methyl/N-ethyl adjacent to an activating group) is 1. The van der Waals surface area contributed by atoms with E-state index in [1.54, 1.807) is 0 Å². The van der Waals surface area contributed by atoms with E-state index < -0.39 is 0 Å². The van der Waals surface area contributed by atoms with E-state index in [1.807, 2.05) is 7.05 Å². The molecule has 0 unspecified atom stereocenters. The Kier molecular flexibility index (Phi) is 4.63. The summed E-state index contributed by atoms with van der Waals surface area (Å²) in [7, 11) is 2.03. The maximum absolute atomic E-state index is 8.73. The van der Waals surface area contributed by atoms with Crippen LogP contribution in [0.3, 0.4) is 0 Å². The van der Waals surface area contributed by atoms with Crippen LogP contribution in [-0.2, 0) is 6.42 Å². The summed E-state index contributed by atoms with van der Waals surface area (Å²) in [6.45, 7) is 4.10. The molecule has 78 valence electrons. The molecule has 0 aliphatic carbocycles. The van der Waals surface area contributed by atoms with Crippen molar-refractivity contribution in [3.05, 3.63) is 35.4 Å². The normalized spacial score (nSPS) is 10.9. The fourth-order valence-electron chi connectivity index (χ4n) is 1.36. The Morgan fingerprint density at radius 2 is 1.79 bits per heavy atom. The molecule has 0 fully saturated rings. The van der Waals surface area contributed by atoms with Crippen molar-refractivity contribution < 1.29 is 5.11 Å². The van der Waals surface area contributed by atoms with Gasteiger partial charge in [-0.3, -0.25) is 0 Å². The summed E-state index contributed by atoms with van der Waals surface area (Å²) in [5, 5.41) is 8.73. The van der Waals surface area contributed by atoms with Gasteiger partial charge < -0.3 is 10.0 Å². The lowest BCUT2D eigenvalue weighted by Crippen LogP contribution is -2.24. The summed E-state index contributed by atoms with van der Waals surface area (Å²) in [6.07, 6.45) is 1.05. The van der Waals surface area contributed by atoms with Crippen LogP contribution in [0.2, 0.25) is 0 Å². The summed E-state index contributed by atoms with van der Waals surface area (Å²) in [6, 6.07) is 8.62. The summed E-state index contributed by atoms with van der Waals surface area (Å²) in [5.74, 6) is 0.